The lowest BCUT2D eigenvalue weighted by Gasteiger charge is -2.29. The molecule has 0 aliphatic carbocycles. The molecule has 1 aromatic heterocycles. The number of rotatable bonds is 9. The van der Waals surface area contributed by atoms with Crippen LogP contribution in [0.5, 0.6) is 5.75 Å². The monoisotopic (exact) mass is 490 g/mol. The Morgan fingerprint density at radius 2 is 1.89 bits per heavy atom. The fourth-order valence-electron chi connectivity index (χ4n) is 4.01. The van der Waals surface area contributed by atoms with E-state index in [1.807, 2.05) is 60.7 Å². The van der Waals surface area contributed by atoms with Crippen LogP contribution in [0.1, 0.15) is 29.9 Å². The number of nitrogens with one attached hydrogen (secondary N) is 1. The van der Waals surface area contributed by atoms with Gasteiger partial charge in [-0.2, -0.15) is 0 Å². The van der Waals surface area contributed by atoms with Gasteiger partial charge in [-0.1, -0.05) is 54.1 Å². The Balaban J connectivity index is 1.36. The number of aromatic nitrogens is 1. The Morgan fingerprint density at radius 1 is 1.14 bits per heavy atom. The van der Waals surface area contributed by atoms with Crippen molar-refractivity contribution in [3.05, 3.63) is 89.1 Å². The van der Waals surface area contributed by atoms with Gasteiger partial charge in [-0.15, -0.1) is 0 Å². The Bertz CT molecular complexity index is 1100. The van der Waals surface area contributed by atoms with Crippen LogP contribution < -0.4 is 10.1 Å². The van der Waals surface area contributed by atoms with Gasteiger partial charge in [0.15, 0.2) is 0 Å². The molecule has 1 saturated heterocycles. The van der Waals surface area contributed by atoms with E-state index in [-0.39, 0.29) is 12.0 Å². The van der Waals surface area contributed by atoms with Crippen LogP contribution in [0.15, 0.2) is 77.9 Å². The summed E-state index contributed by atoms with van der Waals surface area (Å²) < 4.78 is 6.06. The predicted octanol–water partition coefficient (Wildman–Crippen LogP) is 5.24. The van der Waals surface area contributed by atoms with E-state index in [2.05, 4.69) is 27.2 Å². The van der Waals surface area contributed by atoms with Crippen molar-refractivity contribution in [2.75, 3.05) is 32.0 Å². The van der Waals surface area contributed by atoms with E-state index < -0.39 is 5.92 Å². The minimum Gasteiger partial charge on any atom is -0.489 e. The van der Waals surface area contributed by atoms with Crippen LogP contribution in [0.25, 0.3) is 0 Å². The lowest BCUT2D eigenvalue weighted by atomic mass is 9.99. The average molecular weight is 491 g/mol. The summed E-state index contributed by atoms with van der Waals surface area (Å²) in [7, 11) is 2.13. The number of carbonyl (C=O) groups excluding carboxylic acids is 1. The second-order valence-electron chi connectivity index (χ2n) is 8.81. The zero-order valence-corrected chi connectivity index (χ0v) is 20.7. The molecule has 4 rings (SSSR count). The molecular weight excluding hydrogens is 460 g/mol. The van der Waals surface area contributed by atoms with Crippen LogP contribution in [-0.2, 0) is 11.2 Å². The maximum atomic E-state index is 13.2. The molecule has 1 atom stereocenters. The number of amides is 1. The topological polar surface area (TPSA) is 66.8 Å². The molecule has 1 fully saturated rings. The summed E-state index contributed by atoms with van der Waals surface area (Å²) in [5.74, 6) is 0.517. The number of hydrogen-bond donors (Lipinski definition) is 1. The molecule has 2 aromatic carbocycles. The van der Waals surface area contributed by atoms with Gasteiger partial charge in [-0.25, -0.2) is 4.98 Å². The number of piperidine rings is 1. The number of pyridine rings is 1. The number of aliphatic imine (C=N–C) groups is 1. The standard InChI is InChI=1S/C28H31ClN4O2/c1-33-17-14-24(15-18-33)35-25-11-12-27(31-19-25)32-28(34)26(22-5-3-2-4-6-22)20-30-16-13-21-7-9-23(29)10-8-21/h2-12,19-20,24,26H,13-18H2,1H3,(H,31,32,34)/b30-20+. The number of ether oxygens (including phenoxy) is 1. The van der Waals surface area contributed by atoms with E-state index in [9.17, 15) is 4.79 Å². The molecule has 1 amide bonds. The maximum absolute atomic E-state index is 13.2. The van der Waals surface area contributed by atoms with Crippen LogP contribution in [-0.4, -0.2) is 54.8 Å². The van der Waals surface area contributed by atoms with Gasteiger partial charge in [-0.05, 0) is 61.7 Å². The molecule has 0 spiro atoms. The first kappa shape index (κ1) is 24.9. The highest BCUT2D eigenvalue weighted by atomic mass is 35.5. The predicted molar refractivity (Wildman–Crippen MR) is 142 cm³/mol. The Labute approximate surface area is 212 Å². The van der Waals surface area contributed by atoms with Gasteiger partial charge >= 0.3 is 0 Å². The van der Waals surface area contributed by atoms with Crippen LogP contribution >= 0.6 is 11.6 Å². The number of nitrogens with zero attached hydrogens (tertiary/aromatic N) is 3. The first-order chi connectivity index (χ1) is 17.1. The van der Waals surface area contributed by atoms with E-state index in [1.54, 1.807) is 18.5 Å². The molecule has 1 aliphatic rings. The molecule has 0 radical (unpaired) electrons. The third-order valence-corrected chi connectivity index (χ3v) is 6.35. The van der Waals surface area contributed by atoms with Gasteiger partial charge in [0, 0.05) is 30.9 Å². The summed E-state index contributed by atoms with van der Waals surface area (Å²) in [6.45, 7) is 2.65. The van der Waals surface area contributed by atoms with Gasteiger partial charge in [-0.3, -0.25) is 9.79 Å². The highest BCUT2D eigenvalue weighted by Gasteiger charge is 2.20. The molecule has 3 aromatic rings. The van der Waals surface area contributed by atoms with Crippen molar-refractivity contribution in [3.63, 3.8) is 0 Å². The van der Waals surface area contributed by atoms with Crippen molar-refractivity contribution in [1.82, 2.24) is 9.88 Å². The average Bonchev–Trinajstić information content (AvgIpc) is 2.88. The summed E-state index contributed by atoms with van der Waals surface area (Å²) >= 11 is 5.95. The minimum atomic E-state index is -0.515. The van der Waals surface area contributed by atoms with E-state index in [0.717, 1.165) is 49.2 Å². The first-order valence-corrected chi connectivity index (χ1v) is 12.4. The number of anilines is 1. The Kier molecular flexibility index (Phi) is 8.87. The summed E-state index contributed by atoms with van der Waals surface area (Å²) in [4.78, 5) is 24.4. The van der Waals surface area contributed by atoms with E-state index in [0.29, 0.717) is 17.4 Å². The van der Waals surface area contributed by atoms with Gasteiger partial charge in [0.25, 0.3) is 0 Å². The summed E-state index contributed by atoms with van der Waals surface area (Å²) in [5, 5.41) is 3.64. The highest BCUT2D eigenvalue weighted by molar-refractivity contribution is 6.30. The molecule has 0 saturated carbocycles. The smallest absolute Gasteiger partial charge is 0.238 e. The molecule has 1 N–H and O–H groups in total. The second-order valence-corrected chi connectivity index (χ2v) is 9.25. The molecule has 1 unspecified atom stereocenters. The number of likely N-dealkylation sites (tertiary alicyclic amines) is 1. The molecular formula is C28H31ClN4O2. The molecule has 35 heavy (non-hydrogen) atoms. The van der Waals surface area contributed by atoms with Gasteiger partial charge in [0.05, 0.1) is 12.1 Å². The van der Waals surface area contributed by atoms with E-state index >= 15 is 0 Å². The van der Waals surface area contributed by atoms with Crippen molar-refractivity contribution in [2.45, 2.75) is 31.3 Å². The number of halogens is 1. The number of benzene rings is 2. The first-order valence-electron chi connectivity index (χ1n) is 12.0. The third-order valence-electron chi connectivity index (χ3n) is 6.09. The molecule has 1 aliphatic heterocycles. The summed E-state index contributed by atoms with van der Waals surface area (Å²) in [6.07, 6.45) is 6.39. The largest absolute Gasteiger partial charge is 0.489 e. The van der Waals surface area contributed by atoms with Crippen LogP contribution in [0.3, 0.4) is 0 Å². The maximum Gasteiger partial charge on any atom is 0.238 e. The van der Waals surface area contributed by atoms with Crippen molar-refractivity contribution in [2.24, 2.45) is 4.99 Å². The fourth-order valence-corrected chi connectivity index (χ4v) is 4.14. The van der Waals surface area contributed by atoms with Gasteiger partial charge in [0.2, 0.25) is 5.91 Å². The minimum absolute atomic E-state index is 0.178. The number of hydrogen-bond acceptors (Lipinski definition) is 5. The fraction of sp³-hybridized carbons (Fsp3) is 0.321. The SMILES string of the molecule is CN1CCC(Oc2ccc(NC(=O)C(/C=N/CCc3ccc(Cl)cc3)c3ccccc3)nc2)CC1. The Hall–Kier alpha value is -3.22. The van der Waals surface area contributed by atoms with Crippen molar-refractivity contribution >= 4 is 29.5 Å². The molecule has 0 bridgehead atoms. The Morgan fingerprint density at radius 3 is 2.57 bits per heavy atom. The van der Waals surface area contributed by atoms with Crippen LogP contribution in [0.4, 0.5) is 5.82 Å². The molecule has 2 heterocycles. The van der Waals surface area contributed by atoms with E-state index in [1.165, 1.54) is 0 Å². The summed E-state index contributed by atoms with van der Waals surface area (Å²) in [6, 6.07) is 21.0. The van der Waals surface area contributed by atoms with Crippen molar-refractivity contribution in [3.8, 4) is 5.75 Å². The van der Waals surface area contributed by atoms with Crippen LogP contribution in [0.2, 0.25) is 5.02 Å². The van der Waals surface area contributed by atoms with Gasteiger partial charge < -0.3 is 15.0 Å². The highest BCUT2D eigenvalue weighted by Crippen LogP contribution is 2.21. The normalized spacial score (nSPS) is 15.7. The van der Waals surface area contributed by atoms with Crippen molar-refractivity contribution in [1.29, 1.82) is 0 Å². The lowest BCUT2D eigenvalue weighted by molar-refractivity contribution is -0.116. The third kappa shape index (κ3) is 7.64. The number of carbonyl (C=O) groups is 1. The molecule has 7 heteroatoms. The quantitative estimate of drug-likeness (QED) is 0.416. The van der Waals surface area contributed by atoms with Gasteiger partial charge in [0.1, 0.15) is 17.7 Å². The van der Waals surface area contributed by atoms with E-state index in [4.69, 9.17) is 16.3 Å². The van der Waals surface area contributed by atoms with Crippen LogP contribution in [0, 0.1) is 0 Å². The molecule has 182 valence electrons. The second kappa shape index (κ2) is 12.5. The zero-order chi connectivity index (χ0) is 24.5. The zero-order valence-electron chi connectivity index (χ0n) is 19.9. The summed E-state index contributed by atoms with van der Waals surface area (Å²) in [5.41, 5.74) is 2.03. The molecule has 6 nitrogen and oxygen atoms in total. The lowest BCUT2D eigenvalue weighted by Crippen LogP contribution is -2.35. The van der Waals surface area contributed by atoms with Crippen molar-refractivity contribution < 1.29 is 9.53 Å².